The molecule has 3 aromatic rings. The summed E-state index contributed by atoms with van der Waals surface area (Å²) in [5, 5.41) is 0. The van der Waals surface area contributed by atoms with Crippen LogP contribution in [-0.4, -0.2) is 16.6 Å². The predicted molar refractivity (Wildman–Crippen MR) is 86.8 cm³/mol. The lowest BCUT2D eigenvalue weighted by Crippen LogP contribution is -1.98. The second-order valence-corrected chi connectivity index (χ2v) is 5.38. The van der Waals surface area contributed by atoms with Gasteiger partial charge in [0.2, 0.25) is 0 Å². The minimum absolute atomic E-state index is 0.753. The van der Waals surface area contributed by atoms with Crippen LogP contribution in [0, 0.1) is 13.8 Å². The highest BCUT2D eigenvalue weighted by Crippen LogP contribution is 2.30. The molecule has 0 fully saturated rings. The maximum absolute atomic E-state index is 5.74. The largest absolute Gasteiger partial charge is 0.494 e. The number of rotatable bonds is 4. The van der Waals surface area contributed by atoms with E-state index in [1.165, 1.54) is 11.1 Å². The second kappa shape index (κ2) is 5.60. The van der Waals surface area contributed by atoms with Crippen LogP contribution >= 0.6 is 0 Å². The van der Waals surface area contributed by atoms with E-state index in [9.17, 15) is 0 Å². The van der Waals surface area contributed by atoms with Crippen molar-refractivity contribution in [3.05, 3.63) is 47.5 Å². The average Bonchev–Trinajstić information content (AvgIpc) is 2.87. The summed E-state index contributed by atoms with van der Waals surface area (Å²) >= 11 is 0. The highest BCUT2D eigenvalue weighted by Gasteiger charge is 2.12. The van der Waals surface area contributed by atoms with Crippen molar-refractivity contribution in [2.24, 2.45) is 0 Å². The van der Waals surface area contributed by atoms with Crippen LogP contribution in [0.4, 0.5) is 0 Å². The summed E-state index contributed by atoms with van der Waals surface area (Å²) in [6.45, 7) is 7.08. The number of aromatic amines is 1. The quantitative estimate of drug-likeness (QED) is 0.756. The summed E-state index contributed by atoms with van der Waals surface area (Å²) in [6, 6.07) is 12.3. The lowest BCUT2D eigenvalue weighted by atomic mass is 10.0. The van der Waals surface area contributed by atoms with Gasteiger partial charge in [0, 0.05) is 5.56 Å². The molecule has 0 radical (unpaired) electrons. The Bertz CT molecular complexity index is 718. The highest BCUT2D eigenvalue weighted by molar-refractivity contribution is 5.80. The third kappa shape index (κ3) is 2.64. The predicted octanol–water partition coefficient (Wildman–Crippen LogP) is 4.64. The molecule has 0 aliphatic rings. The molecule has 3 nitrogen and oxygen atoms in total. The lowest BCUT2D eigenvalue weighted by Gasteiger charge is -2.11. The van der Waals surface area contributed by atoms with E-state index in [1.807, 2.05) is 18.2 Å². The molecule has 3 heteroatoms. The van der Waals surface area contributed by atoms with Crippen LogP contribution in [0.5, 0.6) is 5.75 Å². The first-order valence-electron chi connectivity index (χ1n) is 7.38. The zero-order valence-electron chi connectivity index (χ0n) is 12.7. The number of benzene rings is 2. The number of imidazole rings is 1. The number of nitrogens with one attached hydrogen (secondary N) is 1. The van der Waals surface area contributed by atoms with Gasteiger partial charge in [-0.3, -0.25) is 0 Å². The van der Waals surface area contributed by atoms with Crippen LogP contribution < -0.4 is 4.74 Å². The fourth-order valence-corrected chi connectivity index (χ4v) is 2.67. The number of fused-ring (bicyclic) bond motifs is 1. The summed E-state index contributed by atoms with van der Waals surface area (Å²) in [5.41, 5.74) is 5.59. The summed E-state index contributed by atoms with van der Waals surface area (Å²) in [4.78, 5) is 8.10. The third-order valence-electron chi connectivity index (χ3n) is 3.61. The maximum Gasteiger partial charge on any atom is 0.139 e. The molecule has 1 N–H and O–H groups in total. The summed E-state index contributed by atoms with van der Waals surface area (Å²) < 4.78 is 5.74. The molecule has 0 amide bonds. The van der Waals surface area contributed by atoms with Crippen LogP contribution in [0.1, 0.15) is 24.5 Å². The van der Waals surface area contributed by atoms with Crippen LogP contribution in [0.3, 0.4) is 0 Å². The fourth-order valence-electron chi connectivity index (χ4n) is 2.67. The molecule has 3 rings (SSSR count). The molecule has 0 spiro atoms. The third-order valence-corrected chi connectivity index (χ3v) is 3.61. The van der Waals surface area contributed by atoms with E-state index in [4.69, 9.17) is 9.72 Å². The smallest absolute Gasteiger partial charge is 0.139 e. The van der Waals surface area contributed by atoms with E-state index >= 15 is 0 Å². The van der Waals surface area contributed by atoms with Crippen LogP contribution in [-0.2, 0) is 0 Å². The highest BCUT2D eigenvalue weighted by atomic mass is 16.5. The van der Waals surface area contributed by atoms with E-state index < -0.39 is 0 Å². The van der Waals surface area contributed by atoms with E-state index in [-0.39, 0.29) is 0 Å². The Labute approximate surface area is 125 Å². The first-order valence-corrected chi connectivity index (χ1v) is 7.38. The van der Waals surface area contributed by atoms with Gasteiger partial charge >= 0.3 is 0 Å². The molecule has 0 bridgehead atoms. The van der Waals surface area contributed by atoms with Gasteiger partial charge in [-0.1, -0.05) is 19.1 Å². The SMILES string of the molecule is CCCOc1cc(C)c(-c2nc3ccccc3[nH]2)c(C)c1. The van der Waals surface area contributed by atoms with Crippen molar-refractivity contribution < 1.29 is 4.74 Å². The Kier molecular flexibility index (Phi) is 3.65. The van der Waals surface area contributed by atoms with E-state index in [2.05, 4.69) is 44.0 Å². The number of nitrogens with zero attached hydrogens (tertiary/aromatic N) is 1. The van der Waals surface area contributed by atoms with E-state index in [1.54, 1.807) is 0 Å². The van der Waals surface area contributed by atoms with Gasteiger partial charge in [-0.2, -0.15) is 0 Å². The van der Waals surface area contributed by atoms with Gasteiger partial charge in [0.05, 0.1) is 17.6 Å². The zero-order chi connectivity index (χ0) is 14.8. The minimum atomic E-state index is 0.753. The van der Waals surface area contributed by atoms with Crippen molar-refractivity contribution >= 4 is 11.0 Å². The molecule has 108 valence electrons. The molecule has 0 unspecified atom stereocenters. The van der Waals surface area contributed by atoms with Gasteiger partial charge in [0.15, 0.2) is 0 Å². The summed E-state index contributed by atoms with van der Waals surface area (Å²) in [6.07, 6.45) is 1.02. The van der Waals surface area contributed by atoms with E-state index in [0.717, 1.165) is 41.2 Å². The van der Waals surface area contributed by atoms with Crippen LogP contribution in [0.25, 0.3) is 22.4 Å². The van der Waals surface area contributed by atoms with Gasteiger partial charge in [0.1, 0.15) is 11.6 Å². The standard InChI is InChI=1S/C18H20N2O/c1-4-9-21-14-10-12(2)17(13(3)11-14)18-19-15-7-5-6-8-16(15)20-18/h5-8,10-11H,4,9H2,1-3H3,(H,19,20). The molecule has 21 heavy (non-hydrogen) atoms. The first-order chi connectivity index (χ1) is 10.2. The van der Waals surface area contributed by atoms with Crippen molar-refractivity contribution in [3.8, 4) is 17.1 Å². The Morgan fingerprint density at radius 1 is 1.10 bits per heavy atom. The Balaban J connectivity index is 2.05. The number of aromatic nitrogens is 2. The lowest BCUT2D eigenvalue weighted by molar-refractivity contribution is 0.317. The number of aryl methyl sites for hydroxylation is 2. The molecule has 0 aliphatic heterocycles. The molecule has 1 heterocycles. The van der Waals surface area contributed by atoms with Crippen LogP contribution in [0.15, 0.2) is 36.4 Å². The number of H-pyrrole nitrogens is 1. The molecule has 0 atom stereocenters. The van der Waals surface area contributed by atoms with Gasteiger partial charge in [0.25, 0.3) is 0 Å². The minimum Gasteiger partial charge on any atom is -0.494 e. The Hall–Kier alpha value is -2.29. The number of hydrogen-bond donors (Lipinski definition) is 1. The molecule has 2 aromatic carbocycles. The average molecular weight is 280 g/mol. The number of para-hydroxylation sites is 2. The summed E-state index contributed by atoms with van der Waals surface area (Å²) in [5.74, 6) is 1.86. The maximum atomic E-state index is 5.74. The van der Waals surface area contributed by atoms with Gasteiger partial charge < -0.3 is 9.72 Å². The zero-order valence-corrected chi connectivity index (χ0v) is 12.7. The van der Waals surface area contributed by atoms with Crippen molar-refractivity contribution in [1.29, 1.82) is 0 Å². The normalized spacial score (nSPS) is 11.0. The Morgan fingerprint density at radius 2 is 1.81 bits per heavy atom. The molecular formula is C18H20N2O. The van der Waals surface area contributed by atoms with Gasteiger partial charge in [-0.05, 0) is 55.7 Å². The topological polar surface area (TPSA) is 37.9 Å². The Morgan fingerprint density at radius 3 is 2.48 bits per heavy atom. The van der Waals surface area contributed by atoms with Crippen molar-refractivity contribution in [3.63, 3.8) is 0 Å². The molecular weight excluding hydrogens is 260 g/mol. The van der Waals surface area contributed by atoms with Gasteiger partial charge in [-0.25, -0.2) is 4.98 Å². The van der Waals surface area contributed by atoms with Crippen LogP contribution in [0.2, 0.25) is 0 Å². The number of hydrogen-bond acceptors (Lipinski definition) is 2. The van der Waals surface area contributed by atoms with Crippen molar-refractivity contribution in [2.45, 2.75) is 27.2 Å². The van der Waals surface area contributed by atoms with Crippen molar-refractivity contribution in [2.75, 3.05) is 6.61 Å². The van der Waals surface area contributed by atoms with Crippen molar-refractivity contribution in [1.82, 2.24) is 9.97 Å². The second-order valence-electron chi connectivity index (χ2n) is 5.38. The monoisotopic (exact) mass is 280 g/mol. The first kappa shape index (κ1) is 13.7. The molecule has 0 saturated carbocycles. The summed E-state index contributed by atoms with van der Waals surface area (Å²) in [7, 11) is 0. The van der Waals surface area contributed by atoms with E-state index in [0.29, 0.717) is 0 Å². The molecule has 0 aliphatic carbocycles. The van der Waals surface area contributed by atoms with Gasteiger partial charge in [-0.15, -0.1) is 0 Å². The molecule has 0 saturated heterocycles. The fraction of sp³-hybridized carbons (Fsp3) is 0.278. The molecule has 1 aromatic heterocycles. The number of ether oxygens (including phenoxy) is 1.